The number of carbonyl (C=O) groups excluding carboxylic acids is 1. The number of nitrogens with zero attached hydrogens (tertiary/aromatic N) is 1. The minimum Gasteiger partial charge on any atom is -0.344 e. The molecule has 1 N–H and O–H groups in total. The molecule has 0 aromatic heterocycles. The fourth-order valence-corrected chi connectivity index (χ4v) is 3.04. The third-order valence-electron chi connectivity index (χ3n) is 3.84. The number of sulfone groups is 1. The molecule has 1 aliphatic rings. The predicted molar refractivity (Wildman–Crippen MR) is 72.2 cm³/mol. The maximum absolute atomic E-state index is 12.5. The van der Waals surface area contributed by atoms with Crippen molar-refractivity contribution in [1.82, 2.24) is 10.2 Å². The highest BCUT2D eigenvalue weighted by Gasteiger charge is 2.39. The Balaban J connectivity index is 2.66. The summed E-state index contributed by atoms with van der Waals surface area (Å²) in [4.78, 5) is 14.1. The molecule has 5 nitrogen and oxygen atoms in total. The molecule has 0 aromatic carbocycles. The van der Waals surface area contributed by atoms with Crippen LogP contribution in [0.3, 0.4) is 0 Å². The molecular weight excluding hydrogens is 252 g/mol. The van der Waals surface area contributed by atoms with Gasteiger partial charge in [-0.1, -0.05) is 6.92 Å². The first-order valence-corrected chi connectivity index (χ1v) is 8.51. The third-order valence-corrected chi connectivity index (χ3v) is 4.76. The van der Waals surface area contributed by atoms with Crippen LogP contribution in [0.5, 0.6) is 0 Å². The van der Waals surface area contributed by atoms with Gasteiger partial charge < -0.3 is 10.2 Å². The SMILES string of the molecule is CCC1(C(=O)N(C)CCS(C)(=O)=O)CCNCC1. The van der Waals surface area contributed by atoms with E-state index < -0.39 is 9.84 Å². The molecule has 106 valence electrons. The van der Waals surface area contributed by atoms with Crippen molar-refractivity contribution in [1.29, 1.82) is 0 Å². The summed E-state index contributed by atoms with van der Waals surface area (Å²) >= 11 is 0. The van der Waals surface area contributed by atoms with Crippen molar-refractivity contribution in [2.75, 3.05) is 38.7 Å². The van der Waals surface area contributed by atoms with Crippen LogP contribution in [-0.4, -0.2) is 57.9 Å². The van der Waals surface area contributed by atoms with E-state index in [9.17, 15) is 13.2 Å². The van der Waals surface area contributed by atoms with Crippen molar-refractivity contribution >= 4 is 15.7 Å². The number of hydrogen-bond acceptors (Lipinski definition) is 4. The average Bonchev–Trinajstić information content (AvgIpc) is 2.35. The van der Waals surface area contributed by atoms with Gasteiger partial charge in [0.1, 0.15) is 9.84 Å². The molecule has 1 rings (SSSR count). The normalized spacial score (nSPS) is 19.5. The van der Waals surface area contributed by atoms with Crippen LogP contribution >= 0.6 is 0 Å². The molecule has 1 heterocycles. The first-order valence-electron chi connectivity index (χ1n) is 6.45. The summed E-state index contributed by atoms with van der Waals surface area (Å²) in [5.74, 6) is 0.128. The number of carbonyl (C=O) groups is 1. The fourth-order valence-electron chi connectivity index (χ4n) is 2.43. The standard InChI is InChI=1S/C12H24N2O3S/c1-4-12(5-7-13-8-6-12)11(15)14(2)9-10-18(3,16)17/h13H,4-10H2,1-3H3. The number of amides is 1. The van der Waals surface area contributed by atoms with Crippen LogP contribution in [0.25, 0.3) is 0 Å². The summed E-state index contributed by atoms with van der Waals surface area (Å²) in [6, 6.07) is 0. The van der Waals surface area contributed by atoms with E-state index in [1.807, 2.05) is 6.92 Å². The lowest BCUT2D eigenvalue weighted by Gasteiger charge is -2.38. The minimum absolute atomic E-state index is 0.0350. The second-order valence-corrected chi connectivity index (χ2v) is 7.50. The van der Waals surface area contributed by atoms with Gasteiger partial charge in [0.25, 0.3) is 0 Å². The zero-order valence-corrected chi connectivity index (χ0v) is 12.3. The fraction of sp³-hybridized carbons (Fsp3) is 0.917. The number of hydrogen-bond donors (Lipinski definition) is 1. The van der Waals surface area contributed by atoms with Gasteiger partial charge in [-0.25, -0.2) is 8.42 Å². The lowest BCUT2D eigenvalue weighted by atomic mass is 9.75. The second kappa shape index (κ2) is 6.02. The Hall–Kier alpha value is -0.620. The van der Waals surface area contributed by atoms with Crippen molar-refractivity contribution < 1.29 is 13.2 Å². The summed E-state index contributed by atoms with van der Waals surface area (Å²) in [5.41, 5.74) is -0.294. The van der Waals surface area contributed by atoms with E-state index >= 15 is 0 Å². The zero-order valence-electron chi connectivity index (χ0n) is 11.5. The minimum atomic E-state index is -3.02. The first-order chi connectivity index (χ1) is 8.31. The van der Waals surface area contributed by atoms with E-state index in [-0.39, 0.29) is 23.6 Å². The molecule has 18 heavy (non-hydrogen) atoms. The molecule has 0 aliphatic carbocycles. The van der Waals surface area contributed by atoms with Gasteiger partial charge in [0.2, 0.25) is 5.91 Å². The molecule has 0 aromatic rings. The van der Waals surface area contributed by atoms with Crippen molar-refractivity contribution in [3.8, 4) is 0 Å². The van der Waals surface area contributed by atoms with Gasteiger partial charge in [-0.2, -0.15) is 0 Å². The monoisotopic (exact) mass is 276 g/mol. The van der Waals surface area contributed by atoms with E-state index in [4.69, 9.17) is 0 Å². The van der Waals surface area contributed by atoms with Crippen LogP contribution in [0.15, 0.2) is 0 Å². The quantitative estimate of drug-likeness (QED) is 0.783. The highest BCUT2D eigenvalue weighted by atomic mass is 32.2. The Bertz CT molecular complexity index is 386. The molecule has 1 amide bonds. The first kappa shape index (κ1) is 15.4. The lowest BCUT2D eigenvalue weighted by molar-refractivity contribution is -0.142. The molecule has 0 radical (unpaired) electrons. The van der Waals surface area contributed by atoms with Gasteiger partial charge in [-0.05, 0) is 32.4 Å². The van der Waals surface area contributed by atoms with Crippen LogP contribution in [0, 0.1) is 5.41 Å². The summed E-state index contributed by atoms with van der Waals surface area (Å²) in [6.45, 7) is 4.04. The molecule has 0 unspecified atom stereocenters. The van der Waals surface area contributed by atoms with Crippen LogP contribution in [-0.2, 0) is 14.6 Å². The maximum atomic E-state index is 12.5. The maximum Gasteiger partial charge on any atom is 0.228 e. The van der Waals surface area contributed by atoms with Crippen LogP contribution in [0.1, 0.15) is 26.2 Å². The Kier molecular flexibility index (Phi) is 5.16. The van der Waals surface area contributed by atoms with E-state index in [2.05, 4.69) is 5.32 Å². The molecule has 1 saturated heterocycles. The lowest BCUT2D eigenvalue weighted by Crippen LogP contribution is -2.48. The smallest absolute Gasteiger partial charge is 0.228 e. The molecular formula is C12H24N2O3S. The highest BCUT2D eigenvalue weighted by Crippen LogP contribution is 2.34. The number of rotatable bonds is 5. The van der Waals surface area contributed by atoms with Crippen molar-refractivity contribution in [3.63, 3.8) is 0 Å². The molecule has 0 bridgehead atoms. The van der Waals surface area contributed by atoms with Gasteiger partial charge >= 0.3 is 0 Å². The van der Waals surface area contributed by atoms with Gasteiger partial charge in [-0.15, -0.1) is 0 Å². The van der Waals surface area contributed by atoms with Gasteiger partial charge in [0.05, 0.1) is 11.2 Å². The van der Waals surface area contributed by atoms with E-state index in [1.165, 1.54) is 6.26 Å². The molecule has 1 aliphatic heterocycles. The van der Waals surface area contributed by atoms with E-state index in [1.54, 1.807) is 11.9 Å². The van der Waals surface area contributed by atoms with E-state index in [0.29, 0.717) is 0 Å². The molecule has 1 fully saturated rings. The molecule has 0 atom stereocenters. The van der Waals surface area contributed by atoms with Crippen LogP contribution in [0.4, 0.5) is 0 Å². The van der Waals surface area contributed by atoms with Crippen LogP contribution in [0.2, 0.25) is 0 Å². The van der Waals surface area contributed by atoms with E-state index in [0.717, 1.165) is 32.4 Å². The molecule has 0 spiro atoms. The Morgan fingerprint density at radius 1 is 1.33 bits per heavy atom. The number of nitrogens with one attached hydrogen (secondary N) is 1. The Morgan fingerprint density at radius 3 is 2.33 bits per heavy atom. The summed E-state index contributed by atoms with van der Waals surface area (Å²) in [5, 5.41) is 3.26. The van der Waals surface area contributed by atoms with Gasteiger partial charge in [-0.3, -0.25) is 4.79 Å². The van der Waals surface area contributed by atoms with Crippen molar-refractivity contribution in [2.24, 2.45) is 5.41 Å². The predicted octanol–water partition coefficient (Wildman–Crippen LogP) is 0.269. The summed E-state index contributed by atoms with van der Waals surface area (Å²) in [6.07, 6.45) is 3.69. The summed E-state index contributed by atoms with van der Waals surface area (Å²) < 4.78 is 22.3. The third kappa shape index (κ3) is 3.95. The molecule has 0 saturated carbocycles. The zero-order chi connectivity index (χ0) is 13.8. The highest BCUT2D eigenvalue weighted by molar-refractivity contribution is 7.90. The Morgan fingerprint density at radius 2 is 1.89 bits per heavy atom. The van der Waals surface area contributed by atoms with Gasteiger partial charge in [0.15, 0.2) is 0 Å². The average molecular weight is 276 g/mol. The Labute approximate surface area is 110 Å². The number of piperidine rings is 1. The van der Waals surface area contributed by atoms with Crippen molar-refractivity contribution in [3.05, 3.63) is 0 Å². The summed E-state index contributed by atoms with van der Waals surface area (Å²) in [7, 11) is -1.31. The molecule has 6 heteroatoms. The second-order valence-electron chi connectivity index (χ2n) is 5.24. The largest absolute Gasteiger partial charge is 0.344 e. The van der Waals surface area contributed by atoms with Gasteiger partial charge in [0, 0.05) is 19.8 Å². The topological polar surface area (TPSA) is 66.5 Å². The van der Waals surface area contributed by atoms with Crippen LogP contribution < -0.4 is 5.32 Å². The van der Waals surface area contributed by atoms with Crippen molar-refractivity contribution in [2.45, 2.75) is 26.2 Å².